The van der Waals surface area contributed by atoms with Crippen LogP contribution in [0.15, 0.2) is 41.3 Å². The Morgan fingerprint density at radius 3 is 2.63 bits per heavy atom. The van der Waals surface area contributed by atoms with Crippen molar-refractivity contribution in [3.05, 3.63) is 48.6 Å². The number of aromatic nitrogens is 5. The summed E-state index contributed by atoms with van der Waals surface area (Å²) in [5.74, 6) is -1.22. The molecule has 4 rings (SSSR count). The zero-order valence-corrected chi connectivity index (χ0v) is 13.7. The molecule has 1 saturated heterocycles. The Balaban J connectivity index is 1.69. The molecule has 0 aromatic carbocycles. The Morgan fingerprint density at radius 2 is 1.96 bits per heavy atom. The highest BCUT2D eigenvalue weighted by atomic mass is 19.4. The molecule has 3 aromatic heterocycles. The first-order chi connectivity index (χ1) is 12.9. The quantitative estimate of drug-likeness (QED) is 0.647. The van der Waals surface area contributed by atoms with Gasteiger partial charge >= 0.3 is 6.18 Å². The largest absolute Gasteiger partial charge is 0.405 e. The minimum atomic E-state index is -4.64. The fraction of sp³-hybridized carbons (Fsp3) is 0.312. The lowest BCUT2D eigenvalue weighted by molar-refractivity contribution is -0.191. The molecule has 0 amide bonds. The normalized spacial score (nSPS) is 20.2. The third-order valence-electron chi connectivity index (χ3n) is 4.47. The predicted molar refractivity (Wildman–Crippen MR) is 84.1 cm³/mol. The van der Waals surface area contributed by atoms with Gasteiger partial charge in [-0.3, -0.25) is 4.98 Å². The SMILES string of the molecule is Fc1cnc(N2CCC(c3nc(-c4ccccn4)no3)(C(F)(F)F)C2)cn1. The highest BCUT2D eigenvalue weighted by Gasteiger charge is 2.63. The lowest BCUT2D eigenvalue weighted by Gasteiger charge is -2.28. The molecule has 0 N–H and O–H groups in total. The molecule has 0 aliphatic carbocycles. The van der Waals surface area contributed by atoms with Crippen molar-refractivity contribution in [3.8, 4) is 11.5 Å². The van der Waals surface area contributed by atoms with E-state index in [9.17, 15) is 17.6 Å². The van der Waals surface area contributed by atoms with Gasteiger partial charge in [-0.15, -0.1) is 0 Å². The van der Waals surface area contributed by atoms with E-state index < -0.39 is 30.0 Å². The van der Waals surface area contributed by atoms with E-state index >= 15 is 0 Å². The van der Waals surface area contributed by atoms with Crippen LogP contribution in [-0.4, -0.2) is 44.4 Å². The summed E-state index contributed by atoms with van der Waals surface area (Å²) in [7, 11) is 0. The Labute approximate surface area is 150 Å². The molecular formula is C16H12F4N6O. The molecule has 1 aliphatic rings. The van der Waals surface area contributed by atoms with Crippen LogP contribution in [0.3, 0.4) is 0 Å². The van der Waals surface area contributed by atoms with E-state index in [1.807, 2.05) is 0 Å². The van der Waals surface area contributed by atoms with E-state index in [-0.39, 0.29) is 24.6 Å². The van der Waals surface area contributed by atoms with Crippen LogP contribution >= 0.6 is 0 Å². The van der Waals surface area contributed by atoms with Crippen LogP contribution in [0, 0.1) is 5.95 Å². The molecule has 0 radical (unpaired) electrons. The molecule has 1 unspecified atom stereocenters. The number of nitrogens with zero attached hydrogens (tertiary/aromatic N) is 6. The van der Waals surface area contributed by atoms with Gasteiger partial charge in [0.1, 0.15) is 11.5 Å². The van der Waals surface area contributed by atoms with Gasteiger partial charge in [0.05, 0.1) is 12.4 Å². The van der Waals surface area contributed by atoms with E-state index in [2.05, 4.69) is 25.1 Å². The predicted octanol–water partition coefficient (Wildman–Crippen LogP) is 2.77. The Kier molecular flexibility index (Phi) is 4.01. The second-order valence-electron chi connectivity index (χ2n) is 6.09. The standard InChI is InChI=1S/C16H12F4N6O/c17-11-7-23-12(8-22-11)26-6-4-15(9-26,16(18,19)20)14-24-13(25-27-14)10-3-1-2-5-21-10/h1-3,5,7-8H,4,6,9H2. The molecule has 140 valence electrons. The highest BCUT2D eigenvalue weighted by Crippen LogP contribution is 2.47. The van der Waals surface area contributed by atoms with Crippen molar-refractivity contribution >= 4 is 5.82 Å². The third kappa shape index (κ3) is 2.98. The number of anilines is 1. The summed E-state index contributed by atoms with van der Waals surface area (Å²) < 4.78 is 59.9. The van der Waals surface area contributed by atoms with Gasteiger partial charge in [-0.05, 0) is 18.6 Å². The minimum absolute atomic E-state index is 0.0192. The van der Waals surface area contributed by atoms with Crippen molar-refractivity contribution in [2.75, 3.05) is 18.0 Å². The Hall–Kier alpha value is -3.11. The summed E-state index contributed by atoms with van der Waals surface area (Å²) in [6, 6.07) is 4.91. The molecule has 4 heterocycles. The first-order valence-electron chi connectivity index (χ1n) is 7.94. The second kappa shape index (κ2) is 6.25. The number of rotatable bonds is 3. The average Bonchev–Trinajstić information content (AvgIpc) is 3.31. The minimum Gasteiger partial charge on any atom is -0.354 e. The lowest BCUT2D eigenvalue weighted by atomic mass is 9.86. The third-order valence-corrected chi connectivity index (χ3v) is 4.47. The van der Waals surface area contributed by atoms with Crippen LogP contribution in [0.5, 0.6) is 0 Å². The summed E-state index contributed by atoms with van der Waals surface area (Å²) in [6.07, 6.45) is -1.51. The van der Waals surface area contributed by atoms with E-state index in [1.54, 1.807) is 18.2 Å². The van der Waals surface area contributed by atoms with Crippen LogP contribution in [-0.2, 0) is 5.41 Å². The number of pyridine rings is 1. The van der Waals surface area contributed by atoms with Gasteiger partial charge in [0.15, 0.2) is 5.41 Å². The summed E-state index contributed by atoms with van der Waals surface area (Å²) in [6.45, 7) is -0.457. The maximum Gasteiger partial charge on any atom is 0.405 e. The summed E-state index contributed by atoms with van der Waals surface area (Å²) in [5, 5.41) is 3.65. The molecule has 0 bridgehead atoms. The summed E-state index contributed by atoms with van der Waals surface area (Å²) >= 11 is 0. The molecule has 27 heavy (non-hydrogen) atoms. The number of halogens is 4. The lowest BCUT2D eigenvalue weighted by Crippen LogP contribution is -2.45. The average molecular weight is 380 g/mol. The van der Waals surface area contributed by atoms with Gasteiger partial charge in [0.25, 0.3) is 0 Å². The van der Waals surface area contributed by atoms with Gasteiger partial charge in [-0.1, -0.05) is 11.2 Å². The van der Waals surface area contributed by atoms with E-state index in [0.717, 1.165) is 12.4 Å². The molecule has 1 fully saturated rings. The molecule has 0 spiro atoms. The van der Waals surface area contributed by atoms with E-state index in [1.165, 1.54) is 11.1 Å². The Bertz CT molecular complexity index is 930. The molecule has 7 nitrogen and oxygen atoms in total. The molecule has 3 aromatic rings. The van der Waals surface area contributed by atoms with Crippen molar-refractivity contribution in [1.29, 1.82) is 0 Å². The zero-order valence-electron chi connectivity index (χ0n) is 13.7. The molecule has 1 atom stereocenters. The maximum absolute atomic E-state index is 14.0. The van der Waals surface area contributed by atoms with Crippen molar-refractivity contribution in [1.82, 2.24) is 25.1 Å². The van der Waals surface area contributed by atoms with Gasteiger partial charge in [-0.25, -0.2) is 9.97 Å². The molecule has 11 heteroatoms. The Morgan fingerprint density at radius 1 is 1.11 bits per heavy atom. The van der Waals surface area contributed by atoms with Gasteiger partial charge in [-0.2, -0.15) is 22.5 Å². The van der Waals surface area contributed by atoms with E-state index in [4.69, 9.17) is 4.52 Å². The van der Waals surface area contributed by atoms with Crippen molar-refractivity contribution in [2.24, 2.45) is 0 Å². The van der Waals surface area contributed by atoms with Crippen LogP contribution in [0.4, 0.5) is 23.4 Å². The highest BCUT2D eigenvalue weighted by molar-refractivity contribution is 5.48. The molecule has 1 aliphatic heterocycles. The van der Waals surface area contributed by atoms with Crippen LogP contribution in [0.25, 0.3) is 11.5 Å². The van der Waals surface area contributed by atoms with Crippen molar-refractivity contribution in [2.45, 2.75) is 18.0 Å². The van der Waals surface area contributed by atoms with E-state index in [0.29, 0.717) is 5.69 Å². The van der Waals surface area contributed by atoms with Crippen LogP contribution < -0.4 is 4.90 Å². The van der Waals surface area contributed by atoms with Crippen LogP contribution in [0.2, 0.25) is 0 Å². The smallest absolute Gasteiger partial charge is 0.354 e. The second-order valence-corrected chi connectivity index (χ2v) is 6.09. The zero-order chi connectivity index (χ0) is 19.1. The van der Waals surface area contributed by atoms with Crippen molar-refractivity contribution < 1.29 is 22.1 Å². The topological polar surface area (TPSA) is 80.8 Å². The summed E-state index contributed by atoms with van der Waals surface area (Å²) in [5.41, 5.74) is -2.05. The number of hydrogen-bond donors (Lipinski definition) is 0. The first-order valence-corrected chi connectivity index (χ1v) is 7.94. The van der Waals surface area contributed by atoms with Gasteiger partial charge in [0, 0.05) is 19.3 Å². The number of alkyl halides is 3. The maximum atomic E-state index is 14.0. The van der Waals surface area contributed by atoms with Crippen molar-refractivity contribution in [3.63, 3.8) is 0 Å². The first kappa shape index (κ1) is 17.3. The fourth-order valence-corrected chi connectivity index (χ4v) is 3.02. The number of hydrogen-bond acceptors (Lipinski definition) is 7. The van der Waals surface area contributed by atoms with Gasteiger partial charge in [0.2, 0.25) is 17.7 Å². The molecule has 0 saturated carbocycles. The molecular weight excluding hydrogens is 368 g/mol. The fourth-order valence-electron chi connectivity index (χ4n) is 3.02. The monoisotopic (exact) mass is 380 g/mol. The van der Waals surface area contributed by atoms with Crippen LogP contribution in [0.1, 0.15) is 12.3 Å². The summed E-state index contributed by atoms with van der Waals surface area (Å²) in [4.78, 5) is 16.6. The van der Waals surface area contributed by atoms with Gasteiger partial charge < -0.3 is 9.42 Å².